The number of hydrogen-bond donors (Lipinski definition) is 0. The van der Waals surface area contributed by atoms with Crippen molar-refractivity contribution in [2.45, 2.75) is 51.0 Å². The number of aromatic nitrogens is 2. The standard InChI is InChI=1S/C19H25N3O2/c23-18-8-7-17(15-5-6-15)20-22(18)13-14-9-11-21(12-10-14)19(24)16-3-1-2-4-16/h1-2,7-8,14-16H,3-6,9-13H2. The lowest BCUT2D eigenvalue weighted by Crippen LogP contribution is -2.42. The first-order chi connectivity index (χ1) is 11.7. The third-order valence-corrected chi connectivity index (χ3v) is 5.60. The molecule has 1 amide bonds. The van der Waals surface area contributed by atoms with Crippen LogP contribution in [-0.2, 0) is 11.3 Å². The van der Waals surface area contributed by atoms with Crippen LogP contribution >= 0.6 is 0 Å². The molecule has 1 aromatic heterocycles. The molecule has 4 rings (SSSR count). The molecule has 1 aliphatic heterocycles. The fourth-order valence-corrected chi connectivity index (χ4v) is 3.85. The van der Waals surface area contributed by atoms with Crippen molar-refractivity contribution in [2.24, 2.45) is 11.8 Å². The maximum Gasteiger partial charge on any atom is 0.266 e. The topological polar surface area (TPSA) is 55.2 Å². The first-order valence-electron chi connectivity index (χ1n) is 9.22. The normalized spacial score (nSPS) is 22.2. The summed E-state index contributed by atoms with van der Waals surface area (Å²) in [6.07, 6.45) is 10.3. The Hall–Kier alpha value is -1.91. The Morgan fingerprint density at radius 1 is 1.08 bits per heavy atom. The van der Waals surface area contributed by atoms with E-state index in [9.17, 15) is 9.59 Å². The number of carbonyl (C=O) groups is 1. The predicted molar refractivity (Wildman–Crippen MR) is 91.6 cm³/mol. The zero-order valence-electron chi connectivity index (χ0n) is 14.1. The van der Waals surface area contributed by atoms with Gasteiger partial charge in [0.2, 0.25) is 5.91 Å². The number of carbonyl (C=O) groups excluding carboxylic acids is 1. The Bertz CT molecular complexity index is 689. The van der Waals surface area contributed by atoms with Gasteiger partial charge in [0.25, 0.3) is 5.56 Å². The lowest BCUT2D eigenvalue weighted by atomic mass is 9.95. The molecule has 5 nitrogen and oxygen atoms in total. The number of allylic oxidation sites excluding steroid dienone is 2. The van der Waals surface area contributed by atoms with E-state index in [0.717, 1.165) is 44.5 Å². The van der Waals surface area contributed by atoms with Crippen molar-refractivity contribution in [1.29, 1.82) is 0 Å². The van der Waals surface area contributed by atoms with Gasteiger partial charge in [-0.2, -0.15) is 5.10 Å². The molecule has 1 saturated carbocycles. The molecule has 0 atom stereocenters. The summed E-state index contributed by atoms with van der Waals surface area (Å²) in [6.45, 7) is 2.32. The van der Waals surface area contributed by atoms with Crippen LogP contribution in [0.15, 0.2) is 29.1 Å². The van der Waals surface area contributed by atoms with Gasteiger partial charge in [0.05, 0.1) is 5.69 Å². The number of piperidine rings is 1. The van der Waals surface area contributed by atoms with Gasteiger partial charge in [-0.3, -0.25) is 9.59 Å². The highest BCUT2D eigenvalue weighted by atomic mass is 16.2. The Balaban J connectivity index is 1.34. The van der Waals surface area contributed by atoms with Crippen molar-refractivity contribution in [3.05, 3.63) is 40.3 Å². The molecule has 0 spiro atoms. The van der Waals surface area contributed by atoms with Crippen molar-refractivity contribution < 1.29 is 4.79 Å². The van der Waals surface area contributed by atoms with E-state index in [1.807, 2.05) is 11.0 Å². The van der Waals surface area contributed by atoms with Crippen molar-refractivity contribution >= 4 is 5.91 Å². The van der Waals surface area contributed by atoms with Crippen LogP contribution in [-0.4, -0.2) is 33.7 Å². The summed E-state index contributed by atoms with van der Waals surface area (Å²) >= 11 is 0. The average molecular weight is 327 g/mol. The fraction of sp³-hybridized carbons (Fsp3) is 0.632. The number of nitrogens with zero attached hydrogens (tertiary/aromatic N) is 3. The Labute approximate surface area is 142 Å². The molecule has 2 aliphatic carbocycles. The van der Waals surface area contributed by atoms with Crippen molar-refractivity contribution in [2.75, 3.05) is 13.1 Å². The van der Waals surface area contributed by atoms with Crippen molar-refractivity contribution in [3.63, 3.8) is 0 Å². The van der Waals surface area contributed by atoms with Gasteiger partial charge in [0, 0.05) is 37.5 Å². The minimum Gasteiger partial charge on any atom is -0.342 e. The smallest absolute Gasteiger partial charge is 0.266 e. The van der Waals surface area contributed by atoms with Gasteiger partial charge < -0.3 is 4.90 Å². The Morgan fingerprint density at radius 3 is 2.46 bits per heavy atom. The molecule has 2 fully saturated rings. The van der Waals surface area contributed by atoms with Crippen molar-refractivity contribution in [1.82, 2.24) is 14.7 Å². The molecule has 0 aromatic carbocycles. The number of amides is 1. The maximum absolute atomic E-state index is 12.5. The van der Waals surface area contributed by atoms with E-state index < -0.39 is 0 Å². The SMILES string of the molecule is O=C(C1CC=CC1)N1CCC(Cn2nc(C3CC3)ccc2=O)CC1. The van der Waals surface area contributed by atoms with Gasteiger partial charge >= 0.3 is 0 Å². The minimum absolute atomic E-state index is 0.00469. The first kappa shape index (κ1) is 15.6. The molecule has 0 bridgehead atoms. The predicted octanol–water partition coefficient (Wildman–Crippen LogP) is 2.33. The van der Waals surface area contributed by atoms with Crippen LogP contribution in [0.3, 0.4) is 0 Å². The summed E-state index contributed by atoms with van der Waals surface area (Å²) in [7, 11) is 0. The monoisotopic (exact) mass is 327 g/mol. The summed E-state index contributed by atoms with van der Waals surface area (Å²) in [6, 6.07) is 3.54. The Morgan fingerprint density at radius 2 is 1.79 bits per heavy atom. The van der Waals surface area contributed by atoms with Gasteiger partial charge in [-0.1, -0.05) is 12.2 Å². The van der Waals surface area contributed by atoms with Crippen LogP contribution in [0.1, 0.15) is 50.1 Å². The minimum atomic E-state index is -0.00469. The van der Waals surface area contributed by atoms with Crippen LogP contribution in [0.5, 0.6) is 0 Å². The second-order valence-electron chi connectivity index (χ2n) is 7.46. The van der Waals surface area contributed by atoms with Gasteiger partial charge in [-0.05, 0) is 50.5 Å². The molecule has 0 N–H and O–H groups in total. The van der Waals surface area contributed by atoms with E-state index >= 15 is 0 Å². The molecule has 1 saturated heterocycles. The van der Waals surface area contributed by atoms with E-state index in [1.165, 1.54) is 12.8 Å². The lowest BCUT2D eigenvalue weighted by Gasteiger charge is -2.33. The number of likely N-dealkylation sites (tertiary alicyclic amines) is 1. The zero-order valence-corrected chi connectivity index (χ0v) is 14.1. The summed E-state index contributed by atoms with van der Waals surface area (Å²) in [5.74, 6) is 1.48. The number of hydrogen-bond acceptors (Lipinski definition) is 3. The lowest BCUT2D eigenvalue weighted by molar-refractivity contribution is -0.136. The van der Waals surface area contributed by atoms with Crippen molar-refractivity contribution in [3.8, 4) is 0 Å². The van der Waals surface area contributed by atoms with Crippen LogP contribution in [0.4, 0.5) is 0 Å². The van der Waals surface area contributed by atoms with E-state index in [2.05, 4.69) is 17.3 Å². The van der Waals surface area contributed by atoms with Crippen LogP contribution in [0.2, 0.25) is 0 Å². The summed E-state index contributed by atoms with van der Waals surface area (Å²) in [5.41, 5.74) is 1.06. The number of rotatable bonds is 4. The highest BCUT2D eigenvalue weighted by Gasteiger charge is 2.29. The molecule has 128 valence electrons. The third kappa shape index (κ3) is 3.30. The van der Waals surface area contributed by atoms with E-state index in [4.69, 9.17) is 0 Å². The fourth-order valence-electron chi connectivity index (χ4n) is 3.85. The summed E-state index contributed by atoms with van der Waals surface area (Å²) in [4.78, 5) is 26.5. The zero-order chi connectivity index (χ0) is 16.5. The van der Waals surface area contributed by atoms with E-state index in [-0.39, 0.29) is 11.5 Å². The second kappa shape index (κ2) is 6.54. The largest absolute Gasteiger partial charge is 0.342 e. The van der Waals surface area contributed by atoms with Crippen LogP contribution in [0.25, 0.3) is 0 Å². The van der Waals surface area contributed by atoms with Gasteiger partial charge in [0.1, 0.15) is 0 Å². The average Bonchev–Trinajstić information content (AvgIpc) is 3.31. The van der Waals surface area contributed by atoms with Gasteiger partial charge in [0.15, 0.2) is 0 Å². The summed E-state index contributed by atoms with van der Waals surface area (Å²) < 4.78 is 1.65. The quantitative estimate of drug-likeness (QED) is 0.798. The summed E-state index contributed by atoms with van der Waals surface area (Å²) in [5, 5.41) is 4.56. The molecular formula is C19H25N3O2. The molecule has 1 aromatic rings. The van der Waals surface area contributed by atoms with Crippen LogP contribution < -0.4 is 5.56 Å². The molecular weight excluding hydrogens is 302 g/mol. The maximum atomic E-state index is 12.5. The molecule has 24 heavy (non-hydrogen) atoms. The molecule has 3 aliphatic rings. The van der Waals surface area contributed by atoms with E-state index in [1.54, 1.807) is 10.7 Å². The first-order valence-corrected chi connectivity index (χ1v) is 9.22. The third-order valence-electron chi connectivity index (χ3n) is 5.60. The van der Waals surface area contributed by atoms with Gasteiger partial charge in [-0.25, -0.2) is 4.68 Å². The van der Waals surface area contributed by atoms with Crippen LogP contribution in [0, 0.1) is 11.8 Å². The molecule has 2 heterocycles. The van der Waals surface area contributed by atoms with Gasteiger partial charge in [-0.15, -0.1) is 0 Å². The highest BCUT2D eigenvalue weighted by Crippen LogP contribution is 2.38. The molecule has 0 unspecified atom stereocenters. The van der Waals surface area contributed by atoms with E-state index in [0.29, 0.717) is 24.3 Å². The molecule has 5 heteroatoms. The highest BCUT2D eigenvalue weighted by molar-refractivity contribution is 5.79. The molecule has 0 radical (unpaired) electrons. The second-order valence-corrected chi connectivity index (χ2v) is 7.46. The Kier molecular flexibility index (Phi) is 4.25.